The van der Waals surface area contributed by atoms with E-state index < -0.39 is 7.14 Å². The van der Waals surface area contributed by atoms with Crippen LogP contribution in [0.25, 0.3) is 232 Å². The lowest BCUT2D eigenvalue weighted by molar-refractivity contribution is 0.592. The SMILES string of the molecule is O=P(c1ccccc1)(c1ccccc1)c1ccc(-c2ccc(-c3c4ccccc4nc4c3ccc3cccnc34)cc2)cc1.c1ccc(-c2cc(-c3ccc(-c4c5ccccc5nc5c4ccc4cccnc45)c4ccccc34)nc(-c3ccccc3)n2)cc1.c1ccc(-c2cc(-c3ccc(-c4ccc(-c5c6ccccc6nc6c5ccc5cccnc56)cc4)cc3)nc(-c3ccccc3)n2)cc1. The highest BCUT2D eigenvalue weighted by Crippen LogP contribution is 2.47. The molecule has 0 aliphatic carbocycles. The fourth-order valence-electron chi connectivity index (χ4n) is 19.3. The zero-order valence-electron chi connectivity index (χ0n) is 74.6. The Morgan fingerprint density at radius 3 is 0.833 bits per heavy atom. The van der Waals surface area contributed by atoms with E-state index in [4.69, 9.17) is 44.9 Å². The molecule has 12 heteroatoms. The summed E-state index contributed by atoms with van der Waals surface area (Å²) in [5.41, 5.74) is 29.5. The highest BCUT2D eigenvalue weighted by atomic mass is 31.2. The first-order valence-electron chi connectivity index (χ1n) is 46.2. The van der Waals surface area contributed by atoms with Crippen molar-refractivity contribution in [3.63, 3.8) is 0 Å². The van der Waals surface area contributed by atoms with Crippen molar-refractivity contribution in [1.82, 2.24) is 49.8 Å². The Balaban J connectivity index is 0.000000113. The molecule has 0 radical (unpaired) electrons. The third kappa shape index (κ3) is 15.6. The molecule has 0 N–H and O–H groups in total. The molecule has 11 nitrogen and oxygen atoms in total. The van der Waals surface area contributed by atoms with Gasteiger partial charge >= 0.3 is 0 Å². The molecular weight excluding hydrogens is 1700 g/mol. The molecule has 8 aromatic heterocycles. The fourth-order valence-corrected chi connectivity index (χ4v) is 22.0. The van der Waals surface area contributed by atoms with E-state index in [9.17, 15) is 4.57 Å². The van der Waals surface area contributed by atoms with Crippen LogP contribution in [0.1, 0.15) is 0 Å². The van der Waals surface area contributed by atoms with Crippen molar-refractivity contribution in [2.75, 3.05) is 0 Å². The van der Waals surface area contributed by atoms with E-state index in [1.165, 1.54) is 5.56 Å². The van der Waals surface area contributed by atoms with E-state index in [1.807, 2.05) is 195 Å². The summed E-state index contributed by atoms with van der Waals surface area (Å²) in [6.07, 6.45) is 5.52. The largest absolute Gasteiger partial charge is 0.309 e. The standard InChI is InChI=1S/C44H28N4.C42H26N4.C40H27N2OP/c1-3-10-31(11-4-1)39-28-40(48-44(47-39)35-12-5-2-6-13-35)32-21-17-29(18-22-32)30-19-23-33(24-20-30)41-36-15-7-8-16-38(36)46-43-37(41)26-25-34-14-9-27-45-42(34)43;1-3-12-27(13-4-1)37-26-38(46-42(45-37)29-14-5-2-6-15-29)32-23-24-33(31-18-8-7-17-30(31)32)39-34-19-9-10-20-36(34)44-41-35(39)22-21-28-16-11-25-43-40(28)41;43-44(32-11-3-1-4-12-32,33-13-5-2-6-14-33)34-24-21-29(22-25-34)28-17-19-30(20-18-28)38-35-15-7-8-16-37(35)42-40-36(38)26-23-31-10-9-27-41-39(31)40/h1-28H;1-26H;1-27H. The van der Waals surface area contributed by atoms with Gasteiger partial charge in [-0.05, 0) is 98.2 Å². The van der Waals surface area contributed by atoms with Crippen molar-refractivity contribution in [2.24, 2.45) is 0 Å². The van der Waals surface area contributed by atoms with E-state index in [0.717, 1.165) is 231 Å². The van der Waals surface area contributed by atoms with Crippen LogP contribution in [0.3, 0.4) is 0 Å². The van der Waals surface area contributed by atoms with Crippen LogP contribution in [0.2, 0.25) is 0 Å². The minimum Gasteiger partial charge on any atom is -0.309 e. The van der Waals surface area contributed by atoms with Crippen LogP contribution in [0.4, 0.5) is 0 Å². The van der Waals surface area contributed by atoms with Crippen molar-refractivity contribution >= 4 is 132 Å². The summed E-state index contributed by atoms with van der Waals surface area (Å²) in [5.74, 6) is 1.42. The zero-order valence-corrected chi connectivity index (χ0v) is 75.5. The number of rotatable bonds is 14. The molecule has 0 spiro atoms. The van der Waals surface area contributed by atoms with Gasteiger partial charge in [0.1, 0.15) is 0 Å². The molecule has 0 bridgehead atoms. The lowest BCUT2D eigenvalue weighted by atomic mass is 9.89. The number of nitrogens with zero attached hydrogens (tertiary/aromatic N) is 10. The smallest absolute Gasteiger partial charge is 0.171 e. The lowest BCUT2D eigenvalue weighted by Crippen LogP contribution is -2.24. The predicted molar refractivity (Wildman–Crippen MR) is 572 cm³/mol. The van der Waals surface area contributed by atoms with Crippen molar-refractivity contribution in [3.8, 4) is 123 Å². The second-order valence-corrected chi connectivity index (χ2v) is 37.0. The molecule has 0 saturated heterocycles. The van der Waals surface area contributed by atoms with Gasteiger partial charge in [-0.25, -0.2) is 34.9 Å². The minimum atomic E-state index is -3.01. The van der Waals surface area contributed by atoms with Crippen LogP contribution in [0.5, 0.6) is 0 Å². The van der Waals surface area contributed by atoms with Gasteiger partial charge in [0.2, 0.25) is 0 Å². The summed E-state index contributed by atoms with van der Waals surface area (Å²) in [5, 5.41) is 14.7. The van der Waals surface area contributed by atoms with Gasteiger partial charge in [0.25, 0.3) is 0 Å². The number of benzene rings is 18. The summed E-state index contributed by atoms with van der Waals surface area (Å²) < 4.78 is 14.8. The van der Waals surface area contributed by atoms with Crippen LogP contribution in [-0.2, 0) is 4.57 Å². The Bertz CT molecular complexity index is 9030. The van der Waals surface area contributed by atoms with Crippen LogP contribution in [0.15, 0.2) is 492 Å². The number of para-hydroxylation sites is 3. The van der Waals surface area contributed by atoms with Gasteiger partial charge in [-0.2, -0.15) is 0 Å². The summed E-state index contributed by atoms with van der Waals surface area (Å²) in [4.78, 5) is 49.5. The van der Waals surface area contributed by atoms with Crippen LogP contribution >= 0.6 is 7.14 Å². The van der Waals surface area contributed by atoms with Crippen molar-refractivity contribution < 1.29 is 4.57 Å². The average Bonchev–Trinajstić information content (AvgIpc) is 0.720. The fraction of sp³-hybridized carbons (Fsp3) is 0. The normalized spacial score (nSPS) is 11.5. The molecule has 0 aliphatic heterocycles. The minimum absolute atomic E-state index is 0.704. The molecule has 8 heterocycles. The van der Waals surface area contributed by atoms with Crippen molar-refractivity contribution in [2.45, 2.75) is 0 Å². The summed E-state index contributed by atoms with van der Waals surface area (Å²) >= 11 is 0. The third-order valence-corrected chi connectivity index (χ3v) is 29.1. The molecule has 0 unspecified atom stereocenters. The summed E-state index contributed by atoms with van der Waals surface area (Å²) in [7, 11) is -3.01. The molecular formula is C126H81N10OP. The van der Waals surface area contributed by atoms with Gasteiger partial charge in [-0.3, -0.25) is 15.0 Å². The van der Waals surface area contributed by atoms with Gasteiger partial charge in [0.15, 0.2) is 18.8 Å². The van der Waals surface area contributed by atoms with E-state index in [0.29, 0.717) is 11.6 Å². The molecule has 26 rings (SSSR count). The number of fused-ring (bicyclic) bond motifs is 13. The van der Waals surface area contributed by atoms with Gasteiger partial charge in [0.05, 0.1) is 72.4 Å². The van der Waals surface area contributed by atoms with E-state index in [2.05, 4.69) is 302 Å². The monoisotopic (exact) mass is 1780 g/mol. The maximum Gasteiger partial charge on any atom is 0.171 e. The third-order valence-electron chi connectivity index (χ3n) is 26.1. The maximum absolute atomic E-state index is 14.8. The molecule has 0 atom stereocenters. The molecule has 0 fully saturated rings. The molecule has 26 aromatic rings. The van der Waals surface area contributed by atoms with Crippen LogP contribution in [0, 0.1) is 0 Å². The molecule has 0 amide bonds. The zero-order chi connectivity index (χ0) is 91.8. The average molecular weight is 1780 g/mol. The van der Waals surface area contributed by atoms with Crippen molar-refractivity contribution in [3.05, 3.63) is 492 Å². The molecule has 18 aromatic carbocycles. The Labute approximate surface area is 796 Å². The first-order chi connectivity index (χ1) is 68.3. The van der Waals surface area contributed by atoms with E-state index in [-0.39, 0.29) is 0 Å². The topological polar surface area (TPSA) is 146 Å². The van der Waals surface area contributed by atoms with E-state index in [1.54, 1.807) is 0 Å². The van der Waals surface area contributed by atoms with Crippen LogP contribution in [-0.4, -0.2) is 49.8 Å². The van der Waals surface area contributed by atoms with Gasteiger partial charge in [-0.1, -0.05) is 425 Å². The quantitative estimate of drug-likeness (QED) is 0.0582. The Hall–Kier alpha value is -18.2. The maximum atomic E-state index is 14.8. The first-order valence-corrected chi connectivity index (χ1v) is 47.9. The lowest BCUT2D eigenvalue weighted by Gasteiger charge is -2.20. The second-order valence-electron chi connectivity index (χ2n) is 34.3. The molecule has 0 aliphatic rings. The molecule has 0 saturated carbocycles. The summed E-state index contributed by atoms with van der Waals surface area (Å²) in [6, 6.07) is 162. The molecule has 138 heavy (non-hydrogen) atoms. The van der Waals surface area contributed by atoms with Crippen molar-refractivity contribution in [1.29, 1.82) is 0 Å². The number of aromatic nitrogens is 10. The number of hydrogen-bond donors (Lipinski definition) is 0. The second kappa shape index (κ2) is 36.1. The Morgan fingerprint density at radius 2 is 0.442 bits per heavy atom. The predicted octanol–water partition coefficient (Wildman–Crippen LogP) is 30.5. The van der Waals surface area contributed by atoms with Gasteiger partial charge in [0, 0.05) is 133 Å². The Morgan fingerprint density at radius 1 is 0.167 bits per heavy atom. The number of hydrogen-bond acceptors (Lipinski definition) is 11. The van der Waals surface area contributed by atoms with Gasteiger partial charge in [-0.15, -0.1) is 0 Å². The first kappa shape index (κ1) is 83.0. The van der Waals surface area contributed by atoms with Crippen LogP contribution < -0.4 is 15.9 Å². The highest BCUT2D eigenvalue weighted by molar-refractivity contribution is 7.85. The highest BCUT2D eigenvalue weighted by Gasteiger charge is 2.30. The summed E-state index contributed by atoms with van der Waals surface area (Å²) in [6.45, 7) is 0. The molecule has 646 valence electrons. The number of pyridine rings is 6. The van der Waals surface area contributed by atoms with Gasteiger partial charge < -0.3 is 4.57 Å². The van der Waals surface area contributed by atoms with E-state index >= 15 is 0 Å². The Kier molecular flexibility index (Phi) is 21.7.